The van der Waals surface area contributed by atoms with Crippen molar-refractivity contribution in [2.75, 3.05) is 18.5 Å². The number of rotatable bonds is 13. The highest BCUT2D eigenvalue weighted by molar-refractivity contribution is 7.89. The van der Waals surface area contributed by atoms with E-state index >= 15 is 0 Å². The SMILES string of the molecule is CCOC(=O)c1nn(CC)c(Oc2ccc(NC(=O)COCc3ccccc3)cc2S(=O)(=O)NC2CC2)c1C. The van der Waals surface area contributed by atoms with Gasteiger partial charge in [-0.15, -0.1) is 0 Å². The Hall–Kier alpha value is -3.74. The molecule has 1 aliphatic carbocycles. The highest BCUT2D eigenvalue weighted by atomic mass is 32.2. The molecule has 0 unspecified atom stereocenters. The lowest BCUT2D eigenvalue weighted by Crippen LogP contribution is -2.26. The van der Waals surface area contributed by atoms with Gasteiger partial charge in [0.2, 0.25) is 21.8 Å². The van der Waals surface area contributed by atoms with Gasteiger partial charge in [0.1, 0.15) is 17.3 Å². The van der Waals surface area contributed by atoms with Crippen LogP contribution in [0.3, 0.4) is 0 Å². The average Bonchev–Trinajstić information content (AvgIpc) is 3.66. The van der Waals surface area contributed by atoms with E-state index in [1.165, 1.54) is 22.9 Å². The summed E-state index contributed by atoms with van der Waals surface area (Å²) in [5, 5.41) is 6.96. The van der Waals surface area contributed by atoms with Crippen LogP contribution >= 0.6 is 0 Å². The average molecular weight is 557 g/mol. The van der Waals surface area contributed by atoms with E-state index < -0.39 is 21.9 Å². The first kappa shape index (κ1) is 28.3. The number of aryl methyl sites for hydroxylation is 1. The van der Waals surface area contributed by atoms with Crippen LogP contribution in [0.15, 0.2) is 53.4 Å². The Labute approximate surface area is 227 Å². The smallest absolute Gasteiger partial charge is 0.359 e. The maximum absolute atomic E-state index is 13.3. The Morgan fingerprint density at radius 1 is 1.10 bits per heavy atom. The van der Waals surface area contributed by atoms with Crippen LogP contribution in [0.5, 0.6) is 11.6 Å². The summed E-state index contributed by atoms with van der Waals surface area (Å²) in [6.07, 6.45) is 1.49. The molecule has 39 heavy (non-hydrogen) atoms. The monoisotopic (exact) mass is 556 g/mol. The first-order valence-corrected chi connectivity index (χ1v) is 14.2. The van der Waals surface area contributed by atoms with Gasteiger partial charge in [0.25, 0.3) is 0 Å². The third-order valence-electron chi connectivity index (χ3n) is 5.87. The zero-order valence-electron chi connectivity index (χ0n) is 22.1. The molecule has 208 valence electrons. The maximum Gasteiger partial charge on any atom is 0.359 e. The molecular formula is C27H32N4O7S. The second-order valence-corrected chi connectivity index (χ2v) is 10.7. The van der Waals surface area contributed by atoms with Crippen molar-refractivity contribution in [2.24, 2.45) is 0 Å². The van der Waals surface area contributed by atoms with E-state index in [2.05, 4.69) is 15.1 Å². The number of anilines is 1. The molecule has 2 aromatic carbocycles. The number of ether oxygens (including phenoxy) is 3. The highest BCUT2D eigenvalue weighted by Crippen LogP contribution is 2.35. The molecule has 1 heterocycles. The van der Waals surface area contributed by atoms with Crippen LogP contribution in [-0.4, -0.2) is 49.3 Å². The van der Waals surface area contributed by atoms with Gasteiger partial charge in [-0.1, -0.05) is 30.3 Å². The van der Waals surface area contributed by atoms with Gasteiger partial charge in [0.05, 0.1) is 13.2 Å². The largest absolute Gasteiger partial charge is 0.461 e. The van der Waals surface area contributed by atoms with Crippen LogP contribution in [-0.2, 0) is 37.4 Å². The van der Waals surface area contributed by atoms with E-state index in [1.807, 2.05) is 37.3 Å². The minimum Gasteiger partial charge on any atom is -0.461 e. The van der Waals surface area contributed by atoms with Crippen molar-refractivity contribution in [1.29, 1.82) is 0 Å². The summed E-state index contributed by atoms with van der Waals surface area (Å²) in [5.41, 5.74) is 1.70. The number of nitrogens with zero attached hydrogens (tertiary/aromatic N) is 2. The van der Waals surface area contributed by atoms with E-state index in [1.54, 1.807) is 13.8 Å². The van der Waals surface area contributed by atoms with Crippen LogP contribution in [0, 0.1) is 6.92 Å². The number of benzene rings is 2. The van der Waals surface area contributed by atoms with Gasteiger partial charge in [0.15, 0.2) is 5.69 Å². The Balaban J connectivity index is 1.57. The predicted octanol–water partition coefficient (Wildman–Crippen LogP) is 3.78. The topological polar surface area (TPSA) is 138 Å². The molecule has 1 amide bonds. The number of sulfonamides is 1. The fraction of sp³-hybridized carbons (Fsp3) is 0.370. The van der Waals surface area contributed by atoms with Gasteiger partial charge in [0, 0.05) is 23.8 Å². The Bertz CT molecular complexity index is 1430. The molecule has 12 heteroatoms. The molecule has 1 aromatic heterocycles. The third kappa shape index (κ3) is 7.22. The summed E-state index contributed by atoms with van der Waals surface area (Å²) in [6.45, 7) is 5.79. The summed E-state index contributed by atoms with van der Waals surface area (Å²) in [5.74, 6) is -0.788. The Kier molecular flexibility index (Phi) is 9.00. The molecule has 0 spiro atoms. The molecule has 0 aliphatic heterocycles. The molecule has 0 bridgehead atoms. The zero-order valence-corrected chi connectivity index (χ0v) is 22.9. The summed E-state index contributed by atoms with van der Waals surface area (Å²) in [6, 6.07) is 13.6. The lowest BCUT2D eigenvalue weighted by Gasteiger charge is -2.15. The van der Waals surface area contributed by atoms with Crippen molar-refractivity contribution in [3.05, 3.63) is 65.4 Å². The second kappa shape index (κ2) is 12.4. The van der Waals surface area contributed by atoms with Crippen LogP contribution in [0.25, 0.3) is 0 Å². The number of hydrogen-bond acceptors (Lipinski definition) is 8. The van der Waals surface area contributed by atoms with Gasteiger partial charge in [-0.05, 0) is 57.4 Å². The molecule has 1 aliphatic rings. The summed E-state index contributed by atoms with van der Waals surface area (Å²) < 4.78 is 47.3. The highest BCUT2D eigenvalue weighted by Gasteiger charge is 2.31. The fourth-order valence-corrected chi connectivity index (χ4v) is 5.23. The van der Waals surface area contributed by atoms with Crippen LogP contribution in [0.2, 0.25) is 0 Å². The summed E-state index contributed by atoms with van der Waals surface area (Å²) in [7, 11) is -3.99. The lowest BCUT2D eigenvalue weighted by atomic mass is 10.2. The second-order valence-electron chi connectivity index (χ2n) is 9.00. The first-order valence-electron chi connectivity index (χ1n) is 12.7. The van der Waals surface area contributed by atoms with E-state index in [0.717, 1.165) is 18.4 Å². The quantitative estimate of drug-likeness (QED) is 0.304. The molecule has 2 N–H and O–H groups in total. The van der Waals surface area contributed by atoms with Crippen LogP contribution in [0.1, 0.15) is 48.3 Å². The van der Waals surface area contributed by atoms with Crippen molar-refractivity contribution in [3.8, 4) is 11.6 Å². The van der Waals surface area contributed by atoms with Gasteiger partial charge < -0.3 is 19.5 Å². The Morgan fingerprint density at radius 3 is 2.51 bits per heavy atom. The van der Waals surface area contributed by atoms with Crippen molar-refractivity contribution in [2.45, 2.75) is 57.7 Å². The number of nitrogens with one attached hydrogen (secondary N) is 2. The molecular weight excluding hydrogens is 524 g/mol. The third-order valence-corrected chi connectivity index (χ3v) is 7.41. The van der Waals surface area contributed by atoms with Gasteiger partial charge in [-0.3, -0.25) is 4.79 Å². The number of esters is 1. The first-order chi connectivity index (χ1) is 18.7. The molecule has 4 rings (SSSR count). The molecule has 3 aromatic rings. The van der Waals surface area contributed by atoms with E-state index in [-0.39, 0.29) is 53.8 Å². The number of aromatic nitrogens is 2. The summed E-state index contributed by atoms with van der Waals surface area (Å²) in [4.78, 5) is 24.7. The van der Waals surface area contributed by atoms with Gasteiger partial charge >= 0.3 is 5.97 Å². The van der Waals surface area contributed by atoms with Gasteiger partial charge in [-0.2, -0.15) is 5.10 Å². The standard InChI is InChI=1S/C27H32N4O7S/c1-4-31-26(18(3)25(29-31)27(33)37-5-2)38-22-14-13-21(15-23(22)39(34,35)30-20-11-12-20)28-24(32)17-36-16-19-9-7-6-8-10-19/h6-10,13-15,20,30H,4-5,11-12,16-17H2,1-3H3,(H,28,32). The van der Waals surface area contributed by atoms with Crippen molar-refractivity contribution in [3.63, 3.8) is 0 Å². The minimum atomic E-state index is -3.99. The van der Waals surface area contributed by atoms with E-state index in [4.69, 9.17) is 14.2 Å². The van der Waals surface area contributed by atoms with Crippen LogP contribution in [0.4, 0.5) is 5.69 Å². The lowest BCUT2D eigenvalue weighted by molar-refractivity contribution is -0.121. The molecule has 0 atom stereocenters. The molecule has 1 fully saturated rings. The normalized spacial score (nSPS) is 13.2. The van der Waals surface area contributed by atoms with Crippen molar-refractivity contribution < 1.29 is 32.2 Å². The minimum absolute atomic E-state index is 0.0228. The number of hydrogen-bond donors (Lipinski definition) is 2. The van der Waals surface area contributed by atoms with E-state index in [0.29, 0.717) is 12.1 Å². The van der Waals surface area contributed by atoms with E-state index in [9.17, 15) is 18.0 Å². The fourth-order valence-electron chi connectivity index (χ4n) is 3.77. The van der Waals surface area contributed by atoms with Gasteiger partial charge in [-0.25, -0.2) is 22.6 Å². The zero-order chi connectivity index (χ0) is 28.0. The predicted molar refractivity (Wildman–Crippen MR) is 143 cm³/mol. The molecule has 0 saturated heterocycles. The van der Waals surface area contributed by atoms with Crippen molar-refractivity contribution >= 4 is 27.6 Å². The number of carbonyl (C=O) groups excluding carboxylic acids is 2. The number of carbonyl (C=O) groups is 2. The van der Waals surface area contributed by atoms with Crippen molar-refractivity contribution in [1.82, 2.24) is 14.5 Å². The Morgan fingerprint density at radius 2 is 1.85 bits per heavy atom. The van der Waals surface area contributed by atoms with Crippen LogP contribution < -0.4 is 14.8 Å². The molecule has 0 radical (unpaired) electrons. The molecule has 11 nitrogen and oxygen atoms in total. The summed E-state index contributed by atoms with van der Waals surface area (Å²) >= 11 is 0. The molecule has 1 saturated carbocycles. The number of amides is 1. The maximum atomic E-state index is 13.3.